The van der Waals surface area contributed by atoms with Gasteiger partial charge >= 0.3 is 0 Å². The molecule has 1 fully saturated rings. The first-order valence-corrected chi connectivity index (χ1v) is 6.30. The molecule has 2 aliphatic rings. The predicted molar refractivity (Wildman–Crippen MR) is 66.1 cm³/mol. The predicted octanol–water partition coefficient (Wildman–Crippen LogP) is 2.02. The van der Waals surface area contributed by atoms with E-state index in [1.165, 1.54) is 5.56 Å². The standard InChI is InChI=1S/C14H17NO2/c16-14(10-5-7-17-8-6-10)13-9-11-3-1-2-4-12(11)15-13/h1-4,10,13,15H,5-9H2. The van der Waals surface area contributed by atoms with E-state index < -0.39 is 0 Å². The number of ketones is 1. The van der Waals surface area contributed by atoms with E-state index in [0.717, 1.165) is 38.2 Å². The van der Waals surface area contributed by atoms with Crippen molar-refractivity contribution in [1.29, 1.82) is 0 Å². The number of carbonyl (C=O) groups excluding carboxylic acids is 1. The lowest BCUT2D eigenvalue weighted by Crippen LogP contribution is -2.35. The second-order valence-corrected chi connectivity index (χ2v) is 4.85. The Morgan fingerprint density at radius 3 is 2.76 bits per heavy atom. The number of para-hydroxylation sites is 1. The Balaban J connectivity index is 1.69. The summed E-state index contributed by atoms with van der Waals surface area (Å²) < 4.78 is 5.30. The molecule has 0 radical (unpaired) electrons. The maximum absolute atomic E-state index is 12.4. The number of hydrogen-bond donors (Lipinski definition) is 1. The van der Waals surface area contributed by atoms with Gasteiger partial charge in [0.05, 0.1) is 6.04 Å². The molecule has 0 aliphatic carbocycles. The van der Waals surface area contributed by atoms with Gasteiger partial charge in [-0.25, -0.2) is 0 Å². The monoisotopic (exact) mass is 231 g/mol. The van der Waals surface area contributed by atoms with Crippen LogP contribution in [-0.2, 0) is 16.0 Å². The molecule has 1 unspecified atom stereocenters. The molecule has 1 aromatic rings. The Morgan fingerprint density at radius 1 is 1.24 bits per heavy atom. The van der Waals surface area contributed by atoms with Crippen LogP contribution in [0.1, 0.15) is 18.4 Å². The van der Waals surface area contributed by atoms with E-state index in [-0.39, 0.29) is 12.0 Å². The normalized spacial score (nSPS) is 24.1. The summed E-state index contributed by atoms with van der Waals surface area (Å²) in [5.74, 6) is 0.556. The number of nitrogens with one attached hydrogen (secondary N) is 1. The molecule has 1 saturated heterocycles. The Morgan fingerprint density at radius 2 is 2.00 bits per heavy atom. The van der Waals surface area contributed by atoms with E-state index in [1.54, 1.807) is 0 Å². The van der Waals surface area contributed by atoms with Gasteiger partial charge in [-0.3, -0.25) is 4.79 Å². The van der Waals surface area contributed by atoms with Gasteiger partial charge in [-0.2, -0.15) is 0 Å². The Kier molecular flexibility index (Phi) is 2.85. The van der Waals surface area contributed by atoms with Crippen LogP contribution in [0.2, 0.25) is 0 Å². The van der Waals surface area contributed by atoms with Crippen LogP contribution in [0, 0.1) is 5.92 Å². The van der Waals surface area contributed by atoms with Gasteiger partial charge in [0, 0.05) is 31.2 Å². The number of ether oxygens (including phenoxy) is 1. The third-order valence-corrected chi connectivity index (χ3v) is 3.74. The van der Waals surface area contributed by atoms with E-state index >= 15 is 0 Å². The van der Waals surface area contributed by atoms with Crippen LogP contribution < -0.4 is 5.32 Å². The molecule has 2 aliphatic heterocycles. The first kappa shape index (κ1) is 10.8. The first-order chi connectivity index (χ1) is 8.34. The summed E-state index contributed by atoms with van der Waals surface area (Å²) in [5, 5.41) is 3.34. The van der Waals surface area contributed by atoms with Crippen molar-refractivity contribution in [3.63, 3.8) is 0 Å². The van der Waals surface area contributed by atoms with E-state index in [9.17, 15) is 4.79 Å². The van der Waals surface area contributed by atoms with Crippen LogP contribution in [0.25, 0.3) is 0 Å². The average molecular weight is 231 g/mol. The third kappa shape index (κ3) is 2.07. The fourth-order valence-corrected chi connectivity index (χ4v) is 2.74. The van der Waals surface area contributed by atoms with Crippen LogP contribution in [0.5, 0.6) is 0 Å². The number of benzene rings is 1. The SMILES string of the molecule is O=C(C1CCOCC1)C1Cc2ccccc2N1. The Bertz CT molecular complexity index is 399. The fraction of sp³-hybridized carbons (Fsp3) is 0.500. The molecule has 90 valence electrons. The van der Waals surface area contributed by atoms with Crippen LogP contribution in [0.15, 0.2) is 24.3 Å². The molecule has 0 amide bonds. The summed E-state index contributed by atoms with van der Waals surface area (Å²) in [6, 6.07) is 8.16. The summed E-state index contributed by atoms with van der Waals surface area (Å²) >= 11 is 0. The van der Waals surface area contributed by atoms with Crippen molar-refractivity contribution in [2.45, 2.75) is 25.3 Å². The number of Topliss-reactive ketones (excluding diaryl/α,β-unsaturated/α-hetero) is 1. The van der Waals surface area contributed by atoms with Gasteiger partial charge in [-0.05, 0) is 24.5 Å². The summed E-state index contributed by atoms with van der Waals surface area (Å²) in [5.41, 5.74) is 2.39. The van der Waals surface area contributed by atoms with E-state index in [1.807, 2.05) is 18.2 Å². The molecule has 0 spiro atoms. The maximum atomic E-state index is 12.4. The number of hydrogen-bond acceptors (Lipinski definition) is 3. The van der Waals surface area contributed by atoms with Gasteiger partial charge in [-0.1, -0.05) is 18.2 Å². The number of carbonyl (C=O) groups is 1. The minimum absolute atomic E-state index is 0.0181. The van der Waals surface area contributed by atoms with Gasteiger partial charge in [0.25, 0.3) is 0 Å². The van der Waals surface area contributed by atoms with Crippen molar-refractivity contribution in [2.24, 2.45) is 5.92 Å². The zero-order valence-electron chi connectivity index (χ0n) is 9.82. The van der Waals surface area contributed by atoms with E-state index in [4.69, 9.17) is 4.74 Å². The van der Waals surface area contributed by atoms with Gasteiger partial charge < -0.3 is 10.1 Å². The highest BCUT2D eigenvalue weighted by molar-refractivity contribution is 5.91. The van der Waals surface area contributed by atoms with Crippen LogP contribution in [0.4, 0.5) is 5.69 Å². The first-order valence-electron chi connectivity index (χ1n) is 6.30. The fourth-order valence-electron chi connectivity index (χ4n) is 2.74. The molecular weight excluding hydrogens is 214 g/mol. The molecule has 1 atom stereocenters. The van der Waals surface area contributed by atoms with Crippen LogP contribution in [-0.4, -0.2) is 25.0 Å². The van der Waals surface area contributed by atoms with Gasteiger partial charge in [0.2, 0.25) is 0 Å². The van der Waals surface area contributed by atoms with Crippen LogP contribution >= 0.6 is 0 Å². The highest BCUT2D eigenvalue weighted by Gasteiger charge is 2.32. The largest absolute Gasteiger partial charge is 0.381 e. The van der Waals surface area contributed by atoms with Crippen molar-refractivity contribution in [3.8, 4) is 0 Å². The number of fused-ring (bicyclic) bond motifs is 1. The Labute approximate surface area is 101 Å². The molecule has 17 heavy (non-hydrogen) atoms. The van der Waals surface area contributed by atoms with E-state index in [2.05, 4.69) is 11.4 Å². The zero-order valence-corrected chi connectivity index (χ0v) is 9.82. The minimum atomic E-state index is -0.0181. The molecule has 3 nitrogen and oxygen atoms in total. The topological polar surface area (TPSA) is 38.3 Å². The van der Waals surface area contributed by atoms with Crippen molar-refractivity contribution in [2.75, 3.05) is 18.5 Å². The zero-order chi connectivity index (χ0) is 11.7. The quantitative estimate of drug-likeness (QED) is 0.846. The molecule has 3 rings (SSSR count). The maximum Gasteiger partial charge on any atom is 0.158 e. The lowest BCUT2D eigenvalue weighted by Gasteiger charge is -2.23. The van der Waals surface area contributed by atoms with Crippen molar-refractivity contribution in [3.05, 3.63) is 29.8 Å². The number of rotatable bonds is 2. The van der Waals surface area contributed by atoms with Gasteiger partial charge in [-0.15, -0.1) is 0 Å². The third-order valence-electron chi connectivity index (χ3n) is 3.74. The summed E-state index contributed by atoms with van der Waals surface area (Å²) in [6.07, 6.45) is 2.60. The Hall–Kier alpha value is -1.35. The molecule has 2 heterocycles. The molecule has 0 saturated carbocycles. The highest BCUT2D eigenvalue weighted by Crippen LogP contribution is 2.28. The highest BCUT2D eigenvalue weighted by atomic mass is 16.5. The second kappa shape index (κ2) is 4.49. The smallest absolute Gasteiger partial charge is 0.158 e. The summed E-state index contributed by atoms with van der Waals surface area (Å²) in [4.78, 5) is 12.4. The summed E-state index contributed by atoms with van der Waals surface area (Å²) in [7, 11) is 0. The van der Waals surface area contributed by atoms with Crippen molar-refractivity contribution < 1.29 is 9.53 Å². The molecule has 3 heteroatoms. The number of anilines is 1. The lowest BCUT2D eigenvalue weighted by atomic mass is 9.90. The summed E-state index contributed by atoms with van der Waals surface area (Å²) in [6.45, 7) is 1.46. The average Bonchev–Trinajstić information content (AvgIpc) is 2.82. The molecule has 0 bridgehead atoms. The minimum Gasteiger partial charge on any atom is -0.381 e. The molecule has 1 aromatic carbocycles. The lowest BCUT2D eigenvalue weighted by molar-refractivity contribution is -0.126. The van der Waals surface area contributed by atoms with Crippen molar-refractivity contribution in [1.82, 2.24) is 0 Å². The van der Waals surface area contributed by atoms with Gasteiger partial charge in [0.1, 0.15) is 0 Å². The molecular formula is C14H17NO2. The van der Waals surface area contributed by atoms with Crippen LogP contribution in [0.3, 0.4) is 0 Å². The van der Waals surface area contributed by atoms with Crippen molar-refractivity contribution >= 4 is 11.5 Å². The molecule has 0 aromatic heterocycles. The van der Waals surface area contributed by atoms with E-state index in [0.29, 0.717) is 5.78 Å². The van der Waals surface area contributed by atoms with Gasteiger partial charge in [0.15, 0.2) is 5.78 Å². The second-order valence-electron chi connectivity index (χ2n) is 4.85. The molecule has 1 N–H and O–H groups in total.